The third kappa shape index (κ3) is 7.50. The molecule has 0 spiro atoms. The number of aromatic nitrogens is 4. The van der Waals surface area contributed by atoms with Gasteiger partial charge in [-0.05, 0) is 48.9 Å². The molecule has 6 aromatic rings. The molecule has 0 aliphatic carbocycles. The lowest BCUT2D eigenvalue weighted by Crippen LogP contribution is -1.96. The van der Waals surface area contributed by atoms with Crippen LogP contribution in [0.4, 0.5) is 0 Å². The Morgan fingerprint density at radius 2 is 1.04 bits per heavy atom. The van der Waals surface area contributed by atoms with Gasteiger partial charge in [-0.1, -0.05) is 89.9 Å². The van der Waals surface area contributed by atoms with E-state index in [0.29, 0.717) is 11.8 Å². The standard InChI is InChI=1S/C36H38N4S5/c1-5-9-13-23(7-3)15-11-17-25-19-27-29(41-25)21-31(43-27)33-35-36(40-45-39-35)34(38-37-33)32-22-30-28(44-32)20-26(42-30)18-12-16-24(8-4)14-10-6-2/h19-24H,5-10,13-16H2,1-4H3. The van der Waals surface area contributed by atoms with Crippen LogP contribution in [0.3, 0.4) is 0 Å². The molecule has 0 aromatic carbocycles. The lowest BCUT2D eigenvalue weighted by molar-refractivity contribution is 0.462. The molecular weight excluding hydrogens is 649 g/mol. The molecule has 6 aromatic heterocycles. The number of fused-ring (bicyclic) bond motifs is 3. The fourth-order valence-corrected chi connectivity index (χ4v) is 10.6. The SMILES string of the molecule is CCCCC(CC)CC#Cc1cc2sc(-c3nnc(-c4cc5sc(C#CCC(CC)CCCC)cc5s4)c4nsnc34)cc2s1. The zero-order valence-corrected chi connectivity index (χ0v) is 30.4. The fourth-order valence-electron chi connectivity index (χ4n) is 5.51. The first-order valence-electron chi connectivity index (χ1n) is 16.1. The quantitative estimate of drug-likeness (QED) is 0.120. The van der Waals surface area contributed by atoms with Crippen LogP contribution in [0.2, 0.25) is 0 Å². The van der Waals surface area contributed by atoms with Gasteiger partial charge in [0.05, 0.1) is 31.2 Å². The van der Waals surface area contributed by atoms with E-state index in [1.54, 1.807) is 45.3 Å². The molecule has 0 saturated carbocycles. The lowest BCUT2D eigenvalue weighted by Gasteiger charge is -2.09. The molecule has 0 N–H and O–H groups in total. The van der Waals surface area contributed by atoms with Crippen molar-refractivity contribution in [3.63, 3.8) is 0 Å². The zero-order chi connectivity index (χ0) is 31.2. The molecule has 0 amide bonds. The second kappa shape index (κ2) is 15.3. The minimum atomic E-state index is 0.710. The summed E-state index contributed by atoms with van der Waals surface area (Å²) in [6.45, 7) is 9.08. The zero-order valence-electron chi connectivity index (χ0n) is 26.4. The summed E-state index contributed by atoms with van der Waals surface area (Å²) in [6.07, 6.45) is 12.1. The first kappa shape index (κ1) is 32.3. The Bertz CT molecular complexity index is 1810. The van der Waals surface area contributed by atoms with Gasteiger partial charge in [0.25, 0.3) is 0 Å². The maximum atomic E-state index is 4.71. The highest BCUT2D eigenvalue weighted by Crippen LogP contribution is 2.43. The topological polar surface area (TPSA) is 51.6 Å². The van der Waals surface area contributed by atoms with Gasteiger partial charge < -0.3 is 0 Å². The number of hydrogen-bond donors (Lipinski definition) is 0. The highest BCUT2D eigenvalue weighted by atomic mass is 32.1. The maximum absolute atomic E-state index is 4.71. The Labute approximate surface area is 286 Å². The predicted molar refractivity (Wildman–Crippen MR) is 200 cm³/mol. The fraction of sp³-hybridized carbons (Fsp3) is 0.444. The van der Waals surface area contributed by atoms with Crippen LogP contribution in [0.5, 0.6) is 0 Å². The van der Waals surface area contributed by atoms with E-state index in [-0.39, 0.29) is 0 Å². The largest absolute Gasteiger partial charge is 0.170 e. The van der Waals surface area contributed by atoms with Crippen LogP contribution in [0.1, 0.15) is 102 Å². The molecule has 2 unspecified atom stereocenters. The molecule has 6 heterocycles. The molecule has 2 atom stereocenters. The van der Waals surface area contributed by atoms with Crippen molar-refractivity contribution < 1.29 is 0 Å². The summed E-state index contributed by atoms with van der Waals surface area (Å²) in [7, 11) is 0. The first-order chi connectivity index (χ1) is 22.1. The molecule has 9 heteroatoms. The van der Waals surface area contributed by atoms with Crippen LogP contribution < -0.4 is 0 Å². The Morgan fingerprint density at radius 3 is 1.44 bits per heavy atom. The summed E-state index contributed by atoms with van der Waals surface area (Å²) < 4.78 is 14.3. The Hall–Kier alpha value is -2.66. The maximum Gasteiger partial charge on any atom is 0.136 e. The third-order valence-electron chi connectivity index (χ3n) is 8.36. The Kier molecular flexibility index (Phi) is 11.0. The predicted octanol–water partition coefficient (Wildman–Crippen LogP) is 12.3. The van der Waals surface area contributed by atoms with Crippen LogP contribution in [0.15, 0.2) is 24.3 Å². The monoisotopic (exact) mass is 686 g/mol. The number of hydrogen-bond acceptors (Lipinski definition) is 9. The van der Waals surface area contributed by atoms with Crippen molar-refractivity contribution in [3.8, 4) is 44.8 Å². The van der Waals surface area contributed by atoms with E-state index in [4.69, 9.17) is 10.2 Å². The van der Waals surface area contributed by atoms with Gasteiger partial charge in [0.15, 0.2) is 0 Å². The van der Waals surface area contributed by atoms with Gasteiger partial charge in [-0.15, -0.1) is 55.5 Å². The molecular formula is C36H38N4S5. The molecule has 6 rings (SSSR count). The second-order valence-corrected chi connectivity index (χ2v) is 16.5. The van der Waals surface area contributed by atoms with Crippen LogP contribution in [0, 0.1) is 35.5 Å². The van der Waals surface area contributed by atoms with E-state index in [0.717, 1.165) is 54.8 Å². The molecule has 4 nitrogen and oxygen atoms in total. The van der Waals surface area contributed by atoms with Gasteiger partial charge in [0.1, 0.15) is 22.4 Å². The smallest absolute Gasteiger partial charge is 0.136 e. The van der Waals surface area contributed by atoms with Gasteiger partial charge in [-0.3, -0.25) is 0 Å². The van der Waals surface area contributed by atoms with Crippen molar-refractivity contribution in [3.05, 3.63) is 34.0 Å². The number of nitrogens with zero attached hydrogens (tertiary/aromatic N) is 4. The van der Waals surface area contributed by atoms with E-state index in [2.05, 4.69) is 84.4 Å². The summed E-state index contributed by atoms with van der Waals surface area (Å²) in [5.74, 6) is 15.2. The minimum absolute atomic E-state index is 0.710. The highest BCUT2D eigenvalue weighted by Gasteiger charge is 2.20. The summed E-state index contributed by atoms with van der Waals surface area (Å²) in [6, 6.07) is 8.87. The average molecular weight is 687 g/mol. The van der Waals surface area contributed by atoms with Crippen LogP contribution in [-0.4, -0.2) is 18.9 Å². The van der Waals surface area contributed by atoms with Gasteiger partial charge in [0.2, 0.25) is 0 Å². The molecule has 0 bridgehead atoms. The Balaban J connectivity index is 1.19. The highest BCUT2D eigenvalue weighted by molar-refractivity contribution is 7.30. The summed E-state index contributed by atoms with van der Waals surface area (Å²) in [4.78, 5) is 4.43. The van der Waals surface area contributed by atoms with E-state index in [9.17, 15) is 0 Å². The van der Waals surface area contributed by atoms with E-state index < -0.39 is 0 Å². The number of unbranched alkanes of at least 4 members (excludes halogenated alkanes) is 2. The number of thiophene rings is 4. The molecule has 0 saturated heterocycles. The van der Waals surface area contributed by atoms with Gasteiger partial charge in [0, 0.05) is 31.6 Å². The molecule has 232 valence electrons. The molecule has 0 aliphatic rings. The number of rotatable bonds is 12. The summed E-state index contributed by atoms with van der Waals surface area (Å²) in [5.41, 5.74) is 3.28. The van der Waals surface area contributed by atoms with Gasteiger partial charge in [-0.25, -0.2) is 0 Å². The second-order valence-electron chi connectivity index (χ2n) is 11.6. The minimum Gasteiger partial charge on any atom is -0.170 e. The van der Waals surface area contributed by atoms with Crippen molar-refractivity contribution in [2.45, 2.75) is 91.9 Å². The molecule has 0 fully saturated rings. The summed E-state index contributed by atoms with van der Waals surface area (Å²) in [5, 5.41) is 9.43. The molecule has 0 radical (unpaired) electrons. The van der Waals surface area contributed by atoms with E-state index >= 15 is 0 Å². The third-order valence-corrected chi connectivity index (χ3v) is 13.3. The van der Waals surface area contributed by atoms with E-state index in [1.165, 1.54) is 81.9 Å². The Morgan fingerprint density at radius 1 is 0.600 bits per heavy atom. The van der Waals surface area contributed by atoms with Gasteiger partial charge in [-0.2, -0.15) is 8.75 Å². The van der Waals surface area contributed by atoms with Crippen LogP contribution in [0.25, 0.3) is 51.0 Å². The molecule has 0 aliphatic heterocycles. The summed E-state index contributed by atoms with van der Waals surface area (Å²) >= 11 is 8.22. The average Bonchev–Trinajstić information content (AvgIpc) is 3.87. The van der Waals surface area contributed by atoms with Crippen molar-refractivity contribution >= 4 is 86.9 Å². The van der Waals surface area contributed by atoms with Crippen molar-refractivity contribution in [2.75, 3.05) is 0 Å². The lowest BCUT2D eigenvalue weighted by atomic mass is 9.96. The van der Waals surface area contributed by atoms with E-state index in [1.807, 2.05) is 0 Å². The normalized spacial score (nSPS) is 12.8. The van der Waals surface area contributed by atoms with Crippen LogP contribution in [-0.2, 0) is 0 Å². The molecule has 45 heavy (non-hydrogen) atoms. The van der Waals surface area contributed by atoms with Crippen molar-refractivity contribution in [1.82, 2.24) is 18.9 Å². The van der Waals surface area contributed by atoms with Crippen molar-refractivity contribution in [2.24, 2.45) is 11.8 Å². The first-order valence-corrected chi connectivity index (χ1v) is 20.1. The van der Waals surface area contributed by atoms with Gasteiger partial charge >= 0.3 is 0 Å². The van der Waals surface area contributed by atoms with Crippen LogP contribution >= 0.6 is 57.1 Å². The van der Waals surface area contributed by atoms with Crippen molar-refractivity contribution in [1.29, 1.82) is 0 Å².